The van der Waals surface area contributed by atoms with Crippen molar-refractivity contribution in [3.63, 3.8) is 0 Å². The Morgan fingerprint density at radius 1 is 1.11 bits per heavy atom. The number of ether oxygens (including phenoxy) is 1. The molecule has 3 aromatic rings. The quantitative estimate of drug-likeness (QED) is 0.401. The van der Waals surface area contributed by atoms with E-state index in [-0.39, 0.29) is 11.6 Å². The molecule has 0 N–H and O–H groups in total. The van der Waals surface area contributed by atoms with Gasteiger partial charge in [0, 0.05) is 10.0 Å². The number of hydrogen-bond donors (Lipinski definition) is 0. The molecule has 0 amide bonds. The van der Waals surface area contributed by atoms with Crippen LogP contribution in [0.1, 0.15) is 16.9 Å². The lowest BCUT2D eigenvalue weighted by Gasteiger charge is -2.03. The van der Waals surface area contributed by atoms with Crippen LogP contribution in [0, 0.1) is 6.92 Å². The fraction of sp³-hybridized carbons (Fsp3) is 0.0500. The smallest absolute Gasteiger partial charge is 0.363 e. The van der Waals surface area contributed by atoms with Crippen LogP contribution < -0.4 is 0 Å². The van der Waals surface area contributed by atoms with Crippen LogP contribution in [0.15, 0.2) is 68.2 Å². The van der Waals surface area contributed by atoms with Gasteiger partial charge in [0.1, 0.15) is 17.0 Å². The Kier molecular flexibility index (Phi) is 4.68. The fourth-order valence-electron chi connectivity index (χ4n) is 2.69. The molecule has 0 atom stereocenters. The van der Waals surface area contributed by atoms with Gasteiger partial charge in [-0.3, -0.25) is 0 Å². The van der Waals surface area contributed by atoms with Gasteiger partial charge in [-0.15, -0.1) is 0 Å². The van der Waals surface area contributed by atoms with E-state index in [0.29, 0.717) is 27.6 Å². The molecular formula is C20H12BrClN2O3. The highest BCUT2D eigenvalue weighted by atomic mass is 79.9. The van der Waals surface area contributed by atoms with Crippen molar-refractivity contribution in [3.8, 4) is 11.3 Å². The van der Waals surface area contributed by atoms with Crippen LogP contribution in [0.5, 0.6) is 0 Å². The second kappa shape index (κ2) is 7.13. The van der Waals surface area contributed by atoms with Crippen LogP contribution in [0.2, 0.25) is 5.02 Å². The minimum absolute atomic E-state index is 0.150. The van der Waals surface area contributed by atoms with Gasteiger partial charge in [0.15, 0.2) is 5.70 Å². The molecule has 2 heterocycles. The number of esters is 1. The summed E-state index contributed by atoms with van der Waals surface area (Å²) in [6.07, 6.45) is 1.67. The van der Waals surface area contributed by atoms with E-state index in [0.717, 1.165) is 10.0 Å². The zero-order chi connectivity index (χ0) is 19.0. The third kappa shape index (κ3) is 3.46. The molecule has 4 rings (SSSR count). The van der Waals surface area contributed by atoms with Gasteiger partial charge in [0.25, 0.3) is 0 Å². The van der Waals surface area contributed by atoms with Crippen molar-refractivity contribution < 1.29 is 14.1 Å². The summed E-state index contributed by atoms with van der Waals surface area (Å²) >= 11 is 9.66. The maximum Gasteiger partial charge on any atom is 0.363 e. The van der Waals surface area contributed by atoms with Gasteiger partial charge in [-0.25, -0.2) is 9.79 Å². The average molecular weight is 444 g/mol. The summed E-state index contributed by atoms with van der Waals surface area (Å²) in [5.41, 5.74) is 2.71. The summed E-state index contributed by atoms with van der Waals surface area (Å²) < 4.78 is 11.7. The third-order valence-electron chi connectivity index (χ3n) is 4.00. The highest BCUT2D eigenvalue weighted by Gasteiger charge is 2.30. The largest absolute Gasteiger partial charge is 0.402 e. The molecule has 7 heteroatoms. The Morgan fingerprint density at radius 2 is 1.85 bits per heavy atom. The number of aromatic nitrogens is 1. The van der Waals surface area contributed by atoms with Crippen LogP contribution in [0.3, 0.4) is 0 Å². The van der Waals surface area contributed by atoms with Crippen molar-refractivity contribution in [3.05, 3.63) is 80.6 Å². The lowest BCUT2D eigenvalue weighted by atomic mass is 10.1. The molecule has 0 saturated heterocycles. The number of halogens is 2. The van der Waals surface area contributed by atoms with Crippen LogP contribution in [-0.4, -0.2) is 17.0 Å². The van der Waals surface area contributed by atoms with E-state index in [1.54, 1.807) is 19.1 Å². The second-order valence-electron chi connectivity index (χ2n) is 5.83. The molecule has 1 aromatic heterocycles. The Labute approximate surface area is 168 Å². The van der Waals surface area contributed by atoms with Gasteiger partial charge in [0.2, 0.25) is 5.90 Å². The van der Waals surface area contributed by atoms with E-state index in [4.69, 9.17) is 20.9 Å². The fourth-order valence-corrected chi connectivity index (χ4v) is 3.18. The number of aliphatic imine (C=N–C) groups is 1. The molecule has 0 saturated carbocycles. The standard InChI is InChI=1S/C20H12BrClN2O3/c1-11-17(18(24-27-11)14-4-2-3-5-15(14)22)19-23-16(20(25)26-19)10-12-6-8-13(21)9-7-12/h2-10H,1H3/b16-10-. The topological polar surface area (TPSA) is 64.7 Å². The Hall–Kier alpha value is -2.70. The Morgan fingerprint density at radius 3 is 2.59 bits per heavy atom. The Balaban J connectivity index is 1.77. The summed E-state index contributed by atoms with van der Waals surface area (Å²) in [7, 11) is 0. The molecule has 2 aromatic carbocycles. The first-order valence-corrected chi connectivity index (χ1v) is 9.19. The Bertz CT molecular complexity index is 1100. The molecule has 0 unspecified atom stereocenters. The summed E-state index contributed by atoms with van der Waals surface area (Å²) in [5.74, 6) is 0.108. The second-order valence-corrected chi connectivity index (χ2v) is 7.15. The van der Waals surface area contributed by atoms with Crippen molar-refractivity contribution in [1.29, 1.82) is 0 Å². The lowest BCUT2D eigenvalue weighted by Crippen LogP contribution is -2.07. The van der Waals surface area contributed by atoms with Crippen molar-refractivity contribution >= 4 is 45.5 Å². The molecule has 0 fully saturated rings. The lowest BCUT2D eigenvalue weighted by molar-refractivity contribution is -0.129. The van der Waals surface area contributed by atoms with Gasteiger partial charge >= 0.3 is 5.97 Å². The van der Waals surface area contributed by atoms with E-state index in [9.17, 15) is 4.79 Å². The van der Waals surface area contributed by atoms with Crippen molar-refractivity contribution in [2.75, 3.05) is 0 Å². The minimum Gasteiger partial charge on any atom is -0.402 e. The number of cyclic esters (lactones) is 1. The SMILES string of the molecule is Cc1onc(-c2ccccc2Cl)c1C1=N/C(=C\c2ccc(Br)cc2)C(=O)O1. The maximum atomic E-state index is 12.3. The monoisotopic (exact) mass is 442 g/mol. The average Bonchev–Trinajstić information content (AvgIpc) is 3.20. The number of aryl methyl sites for hydroxylation is 1. The number of benzene rings is 2. The molecule has 27 heavy (non-hydrogen) atoms. The van der Waals surface area contributed by atoms with Gasteiger partial charge in [-0.1, -0.05) is 63.0 Å². The van der Waals surface area contributed by atoms with Crippen molar-refractivity contribution in [1.82, 2.24) is 5.16 Å². The zero-order valence-electron chi connectivity index (χ0n) is 14.1. The molecule has 1 aliphatic heterocycles. The summed E-state index contributed by atoms with van der Waals surface area (Å²) in [6.45, 7) is 1.73. The van der Waals surface area contributed by atoms with Gasteiger partial charge < -0.3 is 9.26 Å². The number of rotatable bonds is 3. The summed E-state index contributed by atoms with van der Waals surface area (Å²) in [5, 5.41) is 4.60. The van der Waals surface area contributed by atoms with Crippen LogP contribution in [0.25, 0.3) is 17.3 Å². The van der Waals surface area contributed by atoms with E-state index in [1.165, 1.54) is 0 Å². The molecule has 0 spiro atoms. The molecule has 5 nitrogen and oxygen atoms in total. The zero-order valence-corrected chi connectivity index (χ0v) is 16.4. The maximum absolute atomic E-state index is 12.3. The molecule has 1 aliphatic rings. The number of carbonyl (C=O) groups excluding carboxylic acids is 1. The predicted molar refractivity (Wildman–Crippen MR) is 106 cm³/mol. The highest BCUT2D eigenvalue weighted by molar-refractivity contribution is 9.10. The molecular weight excluding hydrogens is 432 g/mol. The molecule has 0 radical (unpaired) electrons. The molecule has 0 aliphatic carbocycles. The minimum atomic E-state index is -0.529. The van der Waals surface area contributed by atoms with E-state index in [1.807, 2.05) is 42.5 Å². The van der Waals surface area contributed by atoms with Crippen LogP contribution in [-0.2, 0) is 9.53 Å². The summed E-state index contributed by atoms with van der Waals surface area (Å²) in [6, 6.07) is 14.8. The van der Waals surface area contributed by atoms with E-state index < -0.39 is 5.97 Å². The molecule has 134 valence electrons. The first kappa shape index (κ1) is 17.7. The number of hydrogen-bond acceptors (Lipinski definition) is 5. The highest BCUT2D eigenvalue weighted by Crippen LogP contribution is 2.33. The predicted octanol–water partition coefficient (Wildman–Crippen LogP) is 5.41. The third-order valence-corrected chi connectivity index (χ3v) is 4.86. The van der Waals surface area contributed by atoms with Gasteiger partial charge in [0.05, 0.1) is 5.02 Å². The normalized spacial score (nSPS) is 15.1. The van der Waals surface area contributed by atoms with Crippen LogP contribution >= 0.6 is 27.5 Å². The van der Waals surface area contributed by atoms with Crippen molar-refractivity contribution in [2.24, 2.45) is 4.99 Å². The van der Waals surface area contributed by atoms with Gasteiger partial charge in [-0.05, 0) is 36.8 Å². The van der Waals surface area contributed by atoms with Crippen molar-refractivity contribution in [2.45, 2.75) is 6.92 Å². The number of carbonyl (C=O) groups is 1. The van der Waals surface area contributed by atoms with Gasteiger partial charge in [-0.2, -0.15) is 0 Å². The first-order chi connectivity index (χ1) is 13.0. The van der Waals surface area contributed by atoms with Crippen LogP contribution in [0.4, 0.5) is 0 Å². The van der Waals surface area contributed by atoms with E-state index in [2.05, 4.69) is 26.1 Å². The van der Waals surface area contributed by atoms with E-state index >= 15 is 0 Å². The first-order valence-electron chi connectivity index (χ1n) is 8.02. The summed E-state index contributed by atoms with van der Waals surface area (Å²) in [4.78, 5) is 16.6. The number of nitrogens with zero attached hydrogens (tertiary/aromatic N) is 2. The molecule has 0 bridgehead atoms.